The Bertz CT molecular complexity index is 997. The number of hydrogen-bond donors (Lipinski definition) is 1. The average Bonchev–Trinajstić information content (AvgIpc) is 2.77. The summed E-state index contributed by atoms with van der Waals surface area (Å²) in [6, 6.07) is 19.4. The molecule has 2 aromatic carbocycles. The Morgan fingerprint density at radius 2 is 1.68 bits per heavy atom. The summed E-state index contributed by atoms with van der Waals surface area (Å²) in [4.78, 5) is 5.04. The zero-order chi connectivity index (χ0) is 19.8. The molecular weight excluding hydrogens is 370 g/mol. The molecule has 0 aliphatic carbocycles. The number of pyridine rings is 1. The number of nitrogens with zero attached hydrogens (tertiary/aromatic N) is 2. The van der Waals surface area contributed by atoms with Crippen molar-refractivity contribution in [3.63, 3.8) is 0 Å². The van der Waals surface area contributed by atoms with Crippen molar-refractivity contribution in [1.29, 1.82) is 5.26 Å². The van der Waals surface area contributed by atoms with Crippen LogP contribution in [0.25, 0.3) is 11.6 Å². The molecule has 3 rings (SSSR count). The van der Waals surface area contributed by atoms with Crippen LogP contribution in [0.3, 0.4) is 0 Å². The Labute approximate surface area is 168 Å². The SMILES string of the molecule is COc1ccc(SNc2ccc(OC)cc2/C(C#N)=C\c2ccncc2)cc1. The van der Waals surface area contributed by atoms with Gasteiger partial charge in [-0.05, 0) is 78.2 Å². The first-order valence-electron chi connectivity index (χ1n) is 8.50. The van der Waals surface area contributed by atoms with Crippen LogP contribution in [0.1, 0.15) is 11.1 Å². The maximum atomic E-state index is 9.75. The zero-order valence-corrected chi connectivity index (χ0v) is 16.4. The Morgan fingerprint density at radius 3 is 2.32 bits per heavy atom. The van der Waals surface area contributed by atoms with Crippen molar-refractivity contribution in [2.24, 2.45) is 0 Å². The predicted molar refractivity (Wildman–Crippen MR) is 113 cm³/mol. The molecule has 0 spiro atoms. The second-order valence-electron chi connectivity index (χ2n) is 5.74. The molecule has 0 unspecified atom stereocenters. The quantitative estimate of drug-likeness (QED) is 0.438. The van der Waals surface area contributed by atoms with Gasteiger partial charge in [-0.15, -0.1) is 0 Å². The van der Waals surface area contributed by atoms with Gasteiger partial charge in [0.1, 0.15) is 11.5 Å². The van der Waals surface area contributed by atoms with Gasteiger partial charge in [-0.3, -0.25) is 4.98 Å². The number of anilines is 1. The number of rotatable bonds is 7. The minimum Gasteiger partial charge on any atom is -0.497 e. The van der Waals surface area contributed by atoms with Gasteiger partial charge < -0.3 is 14.2 Å². The molecule has 140 valence electrons. The van der Waals surface area contributed by atoms with Crippen LogP contribution in [0.5, 0.6) is 11.5 Å². The van der Waals surface area contributed by atoms with Crippen molar-refractivity contribution in [3.8, 4) is 17.6 Å². The minimum absolute atomic E-state index is 0.530. The summed E-state index contributed by atoms with van der Waals surface area (Å²) in [5, 5.41) is 9.75. The van der Waals surface area contributed by atoms with E-state index in [-0.39, 0.29) is 0 Å². The Kier molecular flexibility index (Phi) is 6.55. The highest BCUT2D eigenvalue weighted by Crippen LogP contribution is 2.33. The molecule has 1 N–H and O–H groups in total. The molecule has 1 aromatic heterocycles. The third-order valence-electron chi connectivity index (χ3n) is 3.99. The number of ether oxygens (including phenoxy) is 2. The lowest BCUT2D eigenvalue weighted by Crippen LogP contribution is -1.95. The summed E-state index contributed by atoms with van der Waals surface area (Å²) in [6.07, 6.45) is 5.23. The van der Waals surface area contributed by atoms with Crippen molar-refractivity contribution < 1.29 is 9.47 Å². The average molecular weight is 389 g/mol. The fourth-order valence-electron chi connectivity index (χ4n) is 2.52. The molecule has 0 fully saturated rings. The van der Waals surface area contributed by atoms with Crippen LogP contribution in [0.15, 0.2) is 71.9 Å². The van der Waals surface area contributed by atoms with Crippen LogP contribution in [0.4, 0.5) is 5.69 Å². The van der Waals surface area contributed by atoms with Crippen molar-refractivity contribution in [2.75, 3.05) is 18.9 Å². The largest absolute Gasteiger partial charge is 0.497 e. The summed E-state index contributed by atoms with van der Waals surface area (Å²) >= 11 is 1.46. The Balaban J connectivity index is 1.90. The van der Waals surface area contributed by atoms with E-state index in [1.54, 1.807) is 26.6 Å². The van der Waals surface area contributed by atoms with Crippen molar-refractivity contribution >= 4 is 29.3 Å². The van der Waals surface area contributed by atoms with Crippen LogP contribution < -0.4 is 14.2 Å². The molecule has 0 aliphatic rings. The monoisotopic (exact) mass is 389 g/mol. The van der Waals surface area contributed by atoms with E-state index >= 15 is 0 Å². The van der Waals surface area contributed by atoms with Gasteiger partial charge in [0.25, 0.3) is 0 Å². The Hall–Kier alpha value is -3.43. The molecule has 0 bridgehead atoms. The molecule has 5 nitrogen and oxygen atoms in total. The van der Waals surface area contributed by atoms with Crippen molar-refractivity contribution in [3.05, 3.63) is 78.1 Å². The number of nitrogens with one attached hydrogen (secondary N) is 1. The van der Waals surface area contributed by atoms with Gasteiger partial charge in [-0.2, -0.15) is 5.26 Å². The second kappa shape index (κ2) is 9.49. The maximum Gasteiger partial charge on any atom is 0.119 e. The van der Waals surface area contributed by atoms with E-state index < -0.39 is 0 Å². The number of aromatic nitrogens is 1. The number of allylic oxidation sites excluding steroid dienone is 1. The van der Waals surface area contributed by atoms with E-state index in [9.17, 15) is 5.26 Å². The molecule has 28 heavy (non-hydrogen) atoms. The van der Waals surface area contributed by atoms with Gasteiger partial charge in [0, 0.05) is 22.9 Å². The van der Waals surface area contributed by atoms with Crippen LogP contribution in [-0.4, -0.2) is 19.2 Å². The van der Waals surface area contributed by atoms with E-state index in [0.717, 1.165) is 27.5 Å². The highest BCUT2D eigenvalue weighted by Gasteiger charge is 2.11. The highest BCUT2D eigenvalue weighted by molar-refractivity contribution is 8.00. The lowest BCUT2D eigenvalue weighted by atomic mass is 10.0. The first kappa shape index (κ1) is 19.3. The fraction of sp³-hybridized carbons (Fsp3) is 0.0909. The van der Waals surface area contributed by atoms with Crippen LogP contribution in [-0.2, 0) is 0 Å². The smallest absolute Gasteiger partial charge is 0.119 e. The molecule has 0 saturated carbocycles. The standard InChI is InChI=1S/C22H19N3O2S/c1-26-18-3-6-20(7-4-18)28-25-22-8-5-19(27-2)14-21(22)17(15-23)13-16-9-11-24-12-10-16/h3-14,25H,1-2H3/b17-13-. The van der Waals surface area contributed by atoms with Gasteiger partial charge in [-0.1, -0.05) is 0 Å². The van der Waals surface area contributed by atoms with Crippen LogP contribution in [0, 0.1) is 11.3 Å². The van der Waals surface area contributed by atoms with Crippen molar-refractivity contribution in [1.82, 2.24) is 4.98 Å². The molecule has 3 aromatic rings. The highest BCUT2D eigenvalue weighted by atomic mass is 32.2. The third-order valence-corrected chi connectivity index (χ3v) is 4.82. The lowest BCUT2D eigenvalue weighted by Gasteiger charge is -2.13. The first-order valence-corrected chi connectivity index (χ1v) is 9.32. The minimum atomic E-state index is 0.530. The van der Waals surface area contributed by atoms with E-state index in [0.29, 0.717) is 11.3 Å². The third kappa shape index (κ3) is 4.84. The van der Waals surface area contributed by atoms with Gasteiger partial charge in [0.15, 0.2) is 0 Å². The van der Waals surface area contributed by atoms with E-state index in [1.165, 1.54) is 11.9 Å². The molecule has 1 heterocycles. The topological polar surface area (TPSA) is 67.2 Å². The number of methoxy groups -OCH3 is 2. The number of benzene rings is 2. The molecular formula is C22H19N3O2S. The van der Waals surface area contributed by atoms with E-state index in [4.69, 9.17) is 9.47 Å². The fourth-order valence-corrected chi connectivity index (χ4v) is 3.19. The number of nitriles is 1. The molecule has 0 amide bonds. The summed E-state index contributed by atoms with van der Waals surface area (Å²) in [7, 11) is 3.25. The summed E-state index contributed by atoms with van der Waals surface area (Å²) in [5.41, 5.74) is 3.02. The number of hydrogen-bond acceptors (Lipinski definition) is 6. The maximum absolute atomic E-state index is 9.75. The normalized spacial score (nSPS) is 10.8. The Morgan fingerprint density at radius 1 is 1.00 bits per heavy atom. The predicted octanol–water partition coefficient (Wildman–Crippen LogP) is 5.28. The molecule has 0 saturated heterocycles. The summed E-state index contributed by atoms with van der Waals surface area (Å²) < 4.78 is 13.9. The first-order chi connectivity index (χ1) is 13.7. The summed E-state index contributed by atoms with van der Waals surface area (Å²) in [5.74, 6) is 1.49. The molecule has 0 aliphatic heterocycles. The van der Waals surface area contributed by atoms with Gasteiger partial charge in [0.05, 0.1) is 31.5 Å². The van der Waals surface area contributed by atoms with Crippen LogP contribution >= 0.6 is 11.9 Å². The zero-order valence-electron chi connectivity index (χ0n) is 15.5. The van der Waals surface area contributed by atoms with Gasteiger partial charge in [0.2, 0.25) is 0 Å². The van der Waals surface area contributed by atoms with Crippen LogP contribution in [0.2, 0.25) is 0 Å². The second-order valence-corrected chi connectivity index (χ2v) is 6.62. The van der Waals surface area contributed by atoms with Gasteiger partial charge >= 0.3 is 0 Å². The van der Waals surface area contributed by atoms with E-state index in [1.807, 2.05) is 60.7 Å². The van der Waals surface area contributed by atoms with Gasteiger partial charge in [-0.25, -0.2) is 0 Å². The van der Waals surface area contributed by atoms with E-state index in [2.05, 4.69) is 15.8 Å². The lowest BCUT2D eigenvalue weighted by molar-refractivity contribution is 0.414. The summed E-state index contributed by atoms with van der Waals surface area (Å²) in [6.45, 7) is 0. The molecule has 0 radical (unpaired) electrons. The van der Waals surface area contributed by atoms with Crippen molar-refractivity contribution in [2.45, 2.75) is 4.90 Å². The molecule has 0 atom stereocenters. The molecule has 6 heteroatoms.